The fraction of sp³-hybridized carbons (Fsp3) is 0.833. The lowest BCUT2D eigenvalue weighted by molar-refractivity contribution is -0.0727. The Labute approximate surface area is 138 Å². The number of hydrogen-bond donors (Lipinski definition) is 0. The molecule has 1 aromatic heterocycles. The van der Waals surface area contributed by atoms with Crippen molar-refractivity contribution >= 4 is 0 Å². The van der Waals surface area contributed by atoms with Crippen LogP contribution in [0.2, 0.25) is 0 Å². The molecule has 4 rings (SSSR count). The Morgan fingerprint density at radius 1 is 1.09 bits per heavy atom. The van der Waals surface area contributed by atoms with E-state index in [1.807, 2.05) is 13.8 Å². The number of hydrogen-bond acceptors (Lipinski definition) is 5. The lowest BCUT2D eigenvalue weighted by atomic mass is 10.0. The molecule has 1 saturated carbocycles. The quantitative estimate of drug-likeness (QED) is 0.852. The number of likely N-dealkylation sites (tertiary alicyclic amines) is 1. The summed E-state index contributed by atoms with van der Waals surface area (Å²) in [5, 5.41) is 4.09. The van der Waals surface area contributed by atoms with Gasteiger partial charge in [-0.2, -0.15) is 0 Å². The molecule has 3 heterocycles. The first kappa shape index (κ1) is 15.6. The summed E-state index contributed by atoms with van der Waals surface area (Å²) in [6.07, 6.45) is 5.67. The van der Waals surface area contributed by atoms with E-state index in [9.17, 15) is 0 Å². The van der Waals surface area contributed by atoms with Gasteiger partial charge in [-0.1, -0.05) is 5.16 Å². The van der Waals surface area contributed by atoms with Crippen molar-refractivity contribution in [1.29, 1.82) is 0 Å². The minimum Gasteiger partial charge on any atom is -0.375 e. The van der Waals surface area contributed by atoms with Crippen LogP contribution in [0.25, 0.3) is 0 Å². The predicted octanol–water partition coefficient (Wildman–Crippen LogP) is 2.37. The fourth-order valence-corrected chi connectivity index (χ4v) is 4.18. The van der Waals surface area contributed by atoms with Crippen molar-refractivity contribution < 1.29 is 9.26 Å². The Bertz CT molecular complexity index is 521. The van der Waals surface area contributed by atoms with Gasteiger partial charge in [0, 0.05) is 44.3 Å². The molecule has 5 heteroatoms. The highest BCUT2D eigenvalue weighted by Gasteiger charge is 2.37. The molecule has 1 aromatic rings. The standard InChI is InChI=1S/C18H29N3O2/c1-13-16(14(2)23-19-13)12-20-7-5-17-18(6-8-20)22-10-9-21(17)11-15-3-4-15/h15,17-18H,3-12H2,1-2H3. The molecule has 1 aliphatic carbocycles. The summed E-state index contributed by atoms with van der Waals surface area (Å²) in [4.78, 5) is 5.29. The number of fused-ring (bicyclic) bond motifs is 1. The van der Waals surface area contributed by atoms with Crippen LogP contribution in [0.1, 0.15) is 42.7 Å². The lowest BCUT2D eigenvalue weighted by Gasteiger charge is -2.40. The van der Waals surface area contributed by atoms with E-state index in [-0.39, 0.29) is 0 Å². The summed E-state index contributed by atoms with van der Waals surface area (Å²) in [6.45, 7) is 10.6. The molecule has 2 aliphatic heterocycles. The van der Waals surface area contributed by atoms with Gasteiger partial charge in [0.2, 0.25) is 0 Å². The lowest BCUT2D eigenvalue weighted by Crippen LogP contribution is -2.51. The van der Waals surface area contributed by atoms with E-state index >= 15 is 0 Å². The molecule has 0 radical (unpaired) electrons. The molecule has 2 atom stereocenters. The number of aryl methyl sites for hydroxylation is 2. The monoisotopic (exact) mass is 319 g/mol. The van der Waals surface area contributed by atoms with Crippen LogP contribution in [0.4, 0.5) is 0 Å². The summed E-state index contributed by atoms with van der Waals surface area (Å²) in [6, 6.07) is 0.624. The molecular formula is C18H29N3O2. The highest BCUT2D eigenvalue weighted by molar-refractivity contribution is 5.20. The first-order valence-electron chi connectivity index (χ1n) is 9.20. The van der Waals surface area contributed by atoms with Gasteiger partial charge in [0.25, 0.3) is 0 Å². The summed E-state index contributed by atoms with van der Waals surface area (Å²) < 4.78 is 11.4. The largest absolute Gasteiger partial charge is 0.375 e. The van der Waals surface area contributed by atoms with E-state index in [1.54, 1.807) is 0 Å². The molecule has 2 saturated heterocycles. The second-order valence-corrected chi connectivity index (χ2v) is 7.57. The normalized spacial score (nSPS) is 30.2. The highest BCUT2D eigenvalue weighted by Crippen LogP contribution is 2.33. The molecule has 3 fully saturated rings. The van der Waals surface area contributed by atoms with Crippen molar-refractivity contribution in [2.24, 2.45) is 5.92 Å². The smallest absolute Gasteiger partial charge is 0.138 e. The van der Waals surface area contributed by atoms with Gasteiger partial charge in [-0.3, -0.25) is 9.80 Å². The fourth-order valence-electron chi connectivity index (χ4n) is 4.18. The van der Waals surface area contributed by atoms with E-state index in [0.29, 0.717) is 12.1 Å². The van der Waals surface area contributed by atoms with Crippen molar-refractivity contribution in [3.63, 3.8) is 0 Å². The molecule has 128 valence electrons. The van der Waals surface area contributed by atoms with Crippen LogP contribution in [0.15, 0.2) is 4.52 Å². The van der Waals surface area contributed by atoms with Gasteiger partial charge in [0.1, 0.15) is 5.76 Å². The third kappa shape index (κ3) is 3.47. The van der Waals surface area contributed by atoms with E-state index in [2.05, 4.69) is 15.0 Å². The first-order chi connectivity index (χ1) is 11.2. The molecule has 3 aliphatic rings. The Morgan fingerprint density at radius 2 is 1.91 bits per heavy atom. The van der Waals surface area contributed by atoms with Crippen molar-refractivity contribution in [1.82, 2.24) is 15.0 Å². The van der Waals surface area contributed by atoms with Gasteiger partial charge in [0.05, 0.1) is 18.4 Å². The minimum absolute atomic E-state index is 0.428. The molecule has 0 aromatic carbocycles. The summed E-state index contributed by atoms with van der Waals surface area (Å²) >= 11 is 0. The topological polar surface area (TPSA) is 41.7 Å². The van der Waals surface area contributed by atoms with Gasteiger partial charge in [-0.15, -0.1) is 0 Å². The van der Waals surface area contributed by atoms with Gasteiger partial charge < -0.3 is 9.26 Å². The van der Waals surface area contributed by atoms with Gasteiger partial charge in [-0.25, -0.2) is 0 Å². The maximum absolute atomic E-state index is 6.13. The molecule has 0 spiro atoms. The van der Waals surface area contributed by atoms with Crippen molar-refractivity contribution in [2.75, 3.05) is 32.8 Å². The summed E-state index contributed by atoms with van der Waals surface area (Å²) in [5.41, 5.74) is 2.31. The number of morpholine rings is 1. The zero-order valence-electron chi connectivity index (χ0n) is 14.5. The molecule has 0 amide bonds. The maximum atomic E-state index is 6.13. The molecule has 2 unspecified atom stereocenters. The van der Waals surface area contributed by atoms with E-state index in [0.717, 1.165) is 56.6 Å². The average Bonchev–Trinajstić information content (AvgIpc) is 3.33. The molecule has 0 N–H and O–H groups in total. The Morgan fingerprint density at radius 3 is 2.65 bits per heavy atom. The number of rotatable bonds is 4. The zero-order valence-corrected chi connectivity index (χ0v) is 14.5. The van der Waals surface area contributed by atoms with Gasteiger partial charge >= 0.3 is 0 Å². The van der Waals surface area contributed by atoms with E-state index in [4.69, 9.17) is 9.26 Å². The average molecular weight is 319 g/mol. The number of ether oxygens (including phenoxy) is 1. The van der Waals surface area contributed by atoms with E-state index in [1.165, 1.54) is 31.4 Å². The third-order valence-corrected chi connectivity index (χ3v) is 5.83. The van der Waals surface area contributed by atoms with Gasteiger partial charge in [-0.05, 0) is 45.4 Å². The highest BCUT2D eigenvalue weighted by atomic mass is 16.5. The predicted molar refractivity (Wildman–Crippen MR) is 88.3 cm³/mol. The summed E-state index contributed by atoms with van der Waals surface area (Å²) in [5.74, 6) is 1.94. The first-order valence-corrected chi connectivity index (χ1v) is 9.20. The SMILES string of the molecule is Cc1noc(C)c1CN1CCC2OCCN(CC3CC3)C2CC1. The van der Waals surface area contributed by atoms with Gasteiger partial charge in [0.15, 0.2) is 0 Å². The maximum Gasteiger partial charge on any atom is 0.138 e. The van der Waals surface area contributed by atoms with Crippen LogP contribution in [0, 0.1) is 19.8 Å². The Balaban J connectivity index is 1.40. The molecule has 5 nitrogen and oxygen atoms in total. The van der Waals surface area contributed by atoms with Crippen molar-refractivity contribution in [2.45, 2.75) is 58.2 Å². The number of nitrogens with zero attached hydrogens (tertiary/aromatic N) is 3. The second-order valence-electron chi connectivity index (χ2n) is 7.57. The molecule has 0 bridgehead atoms. The second kappa shape index (κ2) is 6.54. The molecule has 23 heavy (non-hydrogen) atoms. The Kier molecular flexibility index (Phi) is 4.43. The minimum atomic E-state index is 0.428. The summed E-state index contributed by atoms with van der Waals surface area (Å²) in [7, 11) is 0. The van der Waals surface area contributed by atoms with Crippen LogP contribution in [-0.2, 0) is 11.3 Å². The van der Waals surface area contributed by atoms with Crippen LogP contribution < -0.4 is 0 Å². The van der Waals surface area contributed by atoms with Crippen LogP contribution in [0.3, 0.4) is 0 Å². The van der Waals surface area contributed by atoms with E-state index < -0.39 is 0 Å². The van der Waals surface area contributed by atoms with Crippen molar-refractivity contribution in [3.8, 4) is 0 Å². The van der Waals surface area contributed by atoms with Crippen LogP contribution in [0.5, 0.6) is 0 Å². The van der Waals surface area contributed by atoms with Crippen LogP contribution in [-0.4, -0.2) is 59.9 Å². The van der Waals surface area contributed by atoms with Crippen molar-refractivity contribution in [3.05, 3.63) is 17.0 Å². The number of aromatic nitrogens is 1. The van der Waals surface area contributed by atoms with Crippen LogP contribution >= 0.6 is 0 Å². The third-order valence-electron chi connectivity index (χ3n) is 5.83. The zero-order chi connectivity index (χ0) is 15.8. The molecular weight excluding hydrogens is 290 g/mol. The Hall–Kier alpha value is -0.910.